The van der Waals surface area contributed by atoms with Gasteiger partial charge in [0.15, 0.2) is 5.82 Å². The first-order chi connectivity index (χ1) is 14.7. The maximum absolute atomic E-state index is 12.6. The van der Waals surface area contributed by atoms with Gasteiger partial charge in [0.1, 0.15) is 11.9 Å². The summed E-state index contributed by atoms with van der Waals surface area (Å²) in [5, 5.41) is 6.22. The van der Waals surface area contributed by atoms with Crippen molar-refractivity contribution in [2.75, 3.05) is 49.3 Å². The van der Waals surface area contributed by atoms with Crippen LogP contribution in [-0.4, -0.2) is 68.0 Å². The number of nitrogens with zero attached hydrogens (tertiary/aromatic N) is 4. The number of amides is 2. The number of carbonyl (C=O) groups is 2. The molecule has 31 heavy (non-hydrogen) atoms. The van der Waals surface area contributed by atoms with Gasteiger partial charge < -0.3 is 25.3 Å². The van der Waals surface area contributed by atoms with E-state index in [1.165, 1.54) is 0 Å². The SMILES string of the molecule is CC(C)N1c2nc(Nc3cccc(C(=O)NCCN(C)C)c3)ccc2N(C)C(=O)[C@H]1C. The summed E-state index contributed by atoms with van der Waals surface area (Å²) < 4.78 is 0. The summed E-state index contributed by atoms with van der Waals surface area (Å²) in [5.74, 6) is 1.37. The van der Waals surface area contributed by atoms with E-state index in [9.17, 15) is 9.59 Å². The van der Waals surface area contributed by atoms with Gasteiger partial charge in [-0.3, -0.25) is 9.59 Å². The molecule has 166 valence electrons. The largest absolute Gasteiger partial charge is 0.351 e. The van der Waals surface area contributed by atoms with Crippen molar-refractivity contribution in [1.29, 1.82) is 0 Å². The fourth-order valence-electron chi connectivity index (χ4n) is 3.74. The zero-order valence-electron chi connectivity index (χ0n) is 19.1. The van der Waals surface area contributed by atoms with E-state index in [0.29, 0.717) is 17.9 Å². The van der Waals surface area contributed by atoms with Gasteiger partial charge in [-0.25, -0.2) is 4.98 Å². The second kappa shape index (κ2) is 9.34. The molecule has 0 spiro atoms. The molecule has 2 heterocycles. The van der Waals surface area contributed by atoms with Crippen LogP contribution in [0.2, 0.25) is 0 Å². The first-order valence-corrected chi connectivity index (χ1v) is 10.6. The summed E-state index contributed by atoms with van der Waals surface area (Å²) in [6.45, 7) is 7.38. The predicted molar refractivity (Wildman–Crippen MR) is 125 cm³/mol. The van der Waals surface area contributed by atoms with E-state index in [4.69, 9.17) is 4.98 Å². The third kappa shape index (κ3) is 4.96. The van der Waals surface area contributed by atoms with Crippen molar-refractivity contribution in [3.63, 3.8) is 0 Å². The molecular formula is C23H32N6O2. The van der Waals surface area contributed by atoms with Crippen molar-refractivity contribution in [2.45, 2.75) is 32.9 Å². The molecule has 0 fully saturated rings. The van der Waals surface area contributed by atoms with E-state index in [-0.39, 0.29) is 23.9 Å². The molecule has 2 amide bonds. The van der Waals surface area contributed by atoms with Crippen LogP contribution in [0.3, 0.4) is 0 Å². The van der Waals surface area contributed by atoms with Crippen LogP contribution in [0.25, 0.3) is 0 Å². The Bertz CT molecular complexity index is 959. The van der Waals surface area contributed by atoms with Gasteiger partial charge in [-0.05, 0) is 65.2 Å². The first kappa shape index (κ1) is 22.6. The molecule has 0 aliphatic carbocycles. The maximum Gasteiger partial charge on any atom is 0.251 e. The second-order valence-corrected chi connectivity index (χ2v) is 8.38. The fraction of sp³-hybridized carbons (Fsp3) is 0.435. The Morgan fingerprint density at radius 2 is 1.97 bits per heavy atom. The molecule has 0 saturated heterocycles. The van der Waals surface area contributed by atoms with Crippen molar-refractivity contribution >= 4 is 34.8 Å². The topological polar surface area (TPSA) is 80.8 Å². The highest BCUT2D eigenvalue weighted by atomic mass is 16.2. The average molecular weight is 425 g/mol. The van der Waals surface area contributed by atoms with Gasteiger partial charge in [0.2, 0.25) is 5.91 Å². The quantitative estimate of drug-likeness (QED) is 0.711. The van der Waals surface area contributed by atoms with Crippen LogP contribution in [0, 0.1) is 0 Å². The monoisotopic (exact) mass is 424 g/mol. The molecule has 2 aromatic rings. The number of likely N-dealkylation sites (N-methyl/N-ethyl adjacent to an activating group) is 2. The van der Waals surface area contributed by atoms with Crippen molar-refractivity contribution in [1.82, 2.24) is 15.2 Å². The number of nitrogens with one attached hydrogen (secondary N) is 2. The molecule has 1 atom stereocenters. The molecule has 0 saturated carbocycles. The molecule has 1 aromatic heterocycles. The summed E-state index contributed by atoms with van der Waals surface area (Å²) in [7, 11) is 5.72. The minimum Gasteiger partial charge on any atom is -0.351 e. The molecular weight excluding hydrogens is 392 g/mol. The minimum absolute atomic E-state index is 0.0525. The summed E-state index contributed by atoms with van der Waals surface area (Å²) in [6.07, 6.45) is 0. The smallest absolute Gasteiger partial charge is 0.251 e. The number of hydrogen-bond acceptors (Lipinski definition) is 6. The fourth-order valence-corrected chi connectivity index (χ4v) is 3.74. The van der Waals surface area contributed by atoms with E-state index < -0.39 is 0 Å². The van der Waals surface area contributed by atoms with Crippen LogP contribution in [0.4, 0.5) is 23.0 Å². The zero-order chi connectivity index (χ0) is 22.7. The van der Waals surface area contributed by atoms with Crippen LogP contribution in [0.15, 0.2) is 36.4 Å². The number of aromatic nitrogens is 1. The van der Waals surface area contributed by atoms with Crippen molar-refractivity contribution in [2.24, 2.45) is 0 Å². The van der Waals surface area contributed by atoms with E-state index in [2.05, 4.69) is 24.5 Å². The molecule has 1 aliphatic heterocycles. The molecule has 0 unspecified atom stereocenters. The van der Waals surface area contributed by atoms with Crippen molar-refractivity contribution < 1.29 is 9.59 Å². The van der Waals surface area contributed by atoms with Gasteiger partial charge >= 0.3 is 0 Å². The Balaban J connectivity index is 1.81. The molecule has 8 heteroatoms. The Morgan fingerprint density at radius 1 is 1.23 bits per heavy atom. The highest BCUT2D eigenvalue weighted by molar-refractivity contribution is 6.04. The van der Waals surface area contributed by atoms with Crippen molar-refractivity contribution in [3.05, 3.63) is 42.0 Å². The second-order valence-electron chi connectivity index (χ2n) is 8.38. The third-order valence-corrected chi connectivity index (χ3v) is 5.36. The lowest BCUT2D eigenvalue weighted by atomic mass is 10.1. The lowest BCUT2D eigenvalue weighted by Gasteiger charge is -2.41. The number of anilines is 4. The lowest BCUT2D eigenvalue weighted by Crippen LogP contribution is -2.53. The summed E-state index contributed by atoms with van der Waals surface area (Å²) in [5.41, 5.74) is 2.15. The Labute approximate surface area is 184 Å². The van der Waals surface area contributed by atoms with Crippen LogP contribution in [0.5, 0.6) is 0 Å². The highest BCUT2D eigenvalue weighted by Crippen LogP contribution is 2.36. The van der Waals surface area contributed by atoms with Crippen LogP contribution in [-0.2, 0) is 4.79 Å². The number of benzene rings is 1. The third-order valence-electron chi connectivity index (χ3n) is 5.36. The molecule has 0 bridgehead atoms. The molecule has 1 aromatic carbocycles. The standard InChI is InChI=1S/C23H32N6O2/c1-15(2)29-16(3)23(31)28(6)19-10-11-20(26-21(19)29)25-18-9-7-8-17(14-18)22(30)24-12-13-27(4)5/h7-11,14-16H,12-13H2,1-6H3,(H,24,30)(H,25,26)/t16-/m1/s1. The van der Waals surface area contributed by atoms with E-state index in [1.54, 1.807) is 18.0 Å². The minimum atomic E-state index is -0.283. The van der Waals surface area contributed by atoms with Gasteiger partial charge in [-0.15, -0.1) is 0 Å². The van der Waals surface area contributed by atoms with Gasteiger partial charge in [-0.1, -0.05) is 6.07 Å². The van der Waals surface area contributed by atoms with Gasteiger partial charge in [0.25, 0.3) is 5.91 Å². The van der Waals surface area contributed by atoms with Gasteiger partial charge in [0, 0.05) is 37.4 Å². The van der Waals surface area contributed by atoms with Gasteiger partial charge in [-0.2, -0.15) is 0 Å². The number of pyridine rings is 1. The summed E-state index contributed by atoms with van der Waals surface area (Å²) in [4.78, 5) is 35.5. The van der Waals surface area contributed by atoms with Crippen LogP contribution >= 0.6 is 0 Å². The van der Waals surface area contributed by atoms with E-state index in [1.807, 2.05) is 61.2 Å². The number of fused-ring (bicyclic) bond motifs is 1. The molecule has 1 aliphatic rings. The Kier molecular flexibility index (Phi) is 6.80. The Morgan fingerprint density at radius 3 is 2.65 bits per heavy atom. The molecule has 2 N–H and O–H groups in total. The highest BCUT2D eigenvalue weighted by Gasteiger charge is 2.36. The lowest BCUT2D eigenvalue weighted by molar-refractivity contribution is -0.119. The molecule has 0 radical (unpaired) electrons. The first-order valence-electron chi connectivity index (χ1n) is 10.6. The molecule has 3 rings (SSSR count). The van der Waals surface area contributed by atoms with Crippen LogP contribution in [0.1, 0.15) is 31.1 Å². The zero-order valence-corrected chi connectivity index (χ0v) is 19.1. The molecule has 8 nitrogen and oxygen atoms in total. The van der Waals surface area contributed by atoms with E-state index >= 15 is 0 Å². The normalized spacial score (nSPS) is 16.0. The van der Waals surface area contributed by atoms with Gasteiger partial charge in [0.05, 0.1) is 5.69 Å². The average Bonchev–Trinajstić information content (AvgIpc) is 2.72. The van der Waals surface area contributed by atoms with E-state index in [0.717, 1.165) is 23.7 Å². The van der Waals surface area contributed by atoms with Crippen molar-refractivity contribution in [3.8, 4) is 0 Å². The number of rotatable bonds is 7. The Hall–Kier alpha value is -3.13. The predicted octanol–water partition coefficient (Wildman–Crippen LogP) is 2.70. The maximum atomic E-state index is 12.6. The van der Waals surface area contributed by atoms with Crippen LogP contribution < -0.4 is 20.4 Å². The number of carbonyl (C=O) groups excluding carboxylic acids is 2. The number of hydrogen-bond donors (Lipinski definition) is 2. The summed E-state index contributed by atoms with van der Waals surface area (Å²) >= 11 is 0. The summed E-state index contributed by atoms with van der Waals surface area (Å²) in [6, 6.07) is 10.9.